The highest BCUT2D eigenvalue weighted by molar-refractivity contribution is 6.31. The standard InChI is InChI=1S/C14H16ClNO3/c15-11-2-1-3-13(17)10(11)7-16-8-4-5-12(16)9(6-8)14(18)19/h1-3,8-9,12,17H,4-7H2,(H,18,19). The third-order valence-corrected chi connectivity index (χ3v) is 4.79. The number of fused-ring (bicyclic) bond motifs is 2. The fourth-order valence-electron chi connectivity index (χ4n) is 3.50. The van der Waals surface area contributed by atoms with Gasteiger partial charge in [0.25, 0.3) is 0 Å². The molecule has 2 bridgehead atoms. The van der Waals surface area contributed by atoms with Gasteiger partial charge in [-0.25, -0.2) is 0 Å². The minimum Gasteiger partial charge on any atom is -0.508 e. The van der Waals surface area contributed by atoms with E-state index in [-0.39, 0.29) is 17.7 Å². The van der Waals surface area contributed by atoms with Gasteiger partial charge in [-0.1, -0.05) is 17.7 Å². The summed E-state index contributed by atoms with van der Waals surface area (Å²) in [6.07, 6.45) is 2.68. The number of aliphatic carboxylic acids is 1. The maximum Gasteiger partial charge on any atom is 0.308 e. The van der Waals surface area contributed by atoms with Crippen molar-refractivity contribution in [3.63, 3.8) is 0 Å². The average molecular weight is 282 g/mol. The zero-order valence-electron chi connectivity index (χ0n) is 10.4. The van der Waals surface area contributed by atoms with Gasteiger partial charge in [0.15, 0.2) is 0 Å². The monoisotopic (exact) mass is 281 g/mol. The number of hydrogen-bond donors (Lipinski definition) is 2. The summed E-state index contributed by atoms with van der Waals surface area (Å²) >= 11 is 6.12. The molecule has 2 N–H and O–H groups in total. The van der Waals surface area contributed by atoms with Crippen LogP contribution in [0, 0.1) is 5.92 Å². The Labute approximate surface area is 116 Å². The van der Waals surface area contributed by atoms with Crippen LogP contribution >= 0.6 is 11.6 Å². The summed E-state index contributed by atoms with van der Waals surface area (Å²) in [7, 11) is 0. The van der Waals surface area contributed by atoms with Gasteiger partial charge in [0.2, 0.25) is 0 Å². The molecule has 2 saturated heterocycles. The smallest absolute Gasteiger partial charge is 0.308 e. The maximum atomic E-state index is 11.2. The van der Waals surface area contributed by atoms with Crippen molar-refractivity contribution in [1.82, 2.24) is 4.90 Å². The number of phenolic OH excluding ortho intramolecular Hbond substituents is 1. The van der Waals surface area contributed by atoms with Crippen molar-refractivity contribution in [2.45, 2.75) is 37.9 Å². The molecule has 19 heavy (non-hydrogen) atoms. The van der Waals surface area contributed by atoms with Crippen LogP contribution in [0.2, 0.25) is 5.02 Å². The summed E-state index contributed by atoms with van der Waals surface area (Å²) in [6.45, 7) is 0.532. The number of carboxylic acids is 1. The first-order valence-electron chi connectivity index (χ1n) is 6.53. The summed E-state index contributed by atoms with van der Waals surface area (Å²) in [5, 5.41) is 19.7. The van der Waals surface area contributed by atoms with Crippen LogP contribution < -0.4 is 0 Å². The molecule has 2 fully saturated rings. The molecule has 1 aromatic carbocycles. The van der Waals surface area contributed by atoms with Crippen molar-refractivity contribution < 1.29 is 15.0 Å². The highest BCUT2D eigenvalue weighted by Gasteiger charge is 2.49. The number of carboxylic acid groups (broad SMARTS) is 1. The molecule has 5 heteroatoms. The largest absolute Gasteiger partial charge is 0.508 e. The van der Waals surface area contributed by atoms with Gasteiger partial charge in [0.1, 0.15) is 5.75 Å². The third kappa shape index (κ3) is 2.09. The molecule has 4 nitrogen and oxygen atoms in total. The Morgan fingerprint density at radius 2 is 2.21 bits per heavy atom. The van der Waals surface area contributed by atoms with Crippen LogP contribution in [0.5, 0.6) is 5.75 Å². The van der Waals surface area contributed by atoms with Crippen LogP contribution in [0.1, 0.15) is 24.8 Å². The molecule has 2 aliphatic heterocycles. The molecule has 0 aromatic heterocycles. The topological polar surface area (TPSA) is 60.8 Å². The molecule has 102 valence electrons. The highest BCUT2D eigenvalue weighted by atomic mass is 35.5. The fourth-order valence-corrected chi connectivity index (χ4v) is 3.73. The van der Waals surface area contributed by atoms with E-state index >= 15 is 0 Å². The Hall–Kier alpha value is -1.26. The Balaban J connectivity index is 1.83. The molecule has 0 saturated carbocycles. The Morgan fingerprint density at radius 1 is 1.42 bits per heavy atom. The summed E-state index contributed by atoms with van der Waals surface area (Å²) in [4.78, 5) is 13.4. The van der Waals surface area contributed by atoms with E-state index in [2.05, 4.69) is 4.90 Å². The normalized spacial score (nSPS) is 29.8. The molecule has 0 spiro atoms. The number of benzene rings is 1. The van der Waals surface area contributed by atoms with Crippen molar-refractivity contribution in [2.75, 3.05) is 0 Å². The predicted octanol–water partition coefficient (Wildman–Crippen LogP) is 2.48. The lowest BCUT2D eigenvalue weighted by Gasteiger charge is -2.23. The van der Waals surface area contributed by atoms with Crippen LogP contribution in [0.15, 0.2) is 18.2 Å². The van der Waals surface area contributed by atoms with Gasteiger partial charge < -0.3 is 10.2 Å². The van der Waals surface area contributed by atoms with E-state index in [1.165, 1.54) is 0 Å². The molecule has 2 aliphatic rings. The summed E-state index contributed by atoms with van der Waals surface area (Å²) in [5.74, 6) is -0.797. The van der Waals surface area contributed by atoms with E-state index in [1.54, 1.807) is 18.2 Å². The highest BCUT2D eigenvalue weighted by Crippen LogP contribution is 2.43. The third-order valence-electron chi connectivity index (χ3n) is 4.43. The van der Waals surface area contributed by atoms with Crippen LogP contribution in [0.25, 0.3) is 0 Å². The van der Waals surface area contributed by atoms with Crippen molar-refractivity contribution in [2.24, 2.45) is 5.92 Å². The molecule has 3 atom stereocenters. The van der Waals surface area contributed by atoms with Crippen LogP contribution in [0.3, 0.4) is 0 Å². The van der Waals surface area contributed by atoms with E-state index in [0.717, 1.165) is 12.8 Å². The average Bonchev–Trinajstić information content (AvgIpc) is 2.91. The summed E-state index contributed by atoms with van der Waals surface area (Å²) in [5.41, 5.74) is 0.701. The van der Waals surface area contributed by atoms with Crippen molar-refractivity contribution in [1.29, 1.82) is 0 Å². The number of halogens is 1. The molecular weight excluding hydrogens is 266 g/mol. The van der Waals surface area contributed by atoms with Crippen molar-refractivity contribution >= 4 is 17.6 Å². The van der Waals surface area contributed by atoms with Crippen LogP contribution in [-0.2, 0) is 11.3 Å². The van der Waals surface area contributed by atoms with Gasteiger partial charge in [0, 0.05) is 29.2 Å². The first-order valence-corrected chi connectivity index (χ1v) is 6.90. The molecule has 0 amide bonds. The Kier molecular flexibility index (Phi) is 3.15. The van der Waals surface area contributed by atoms with Crippen molar-refractivity contribution in [3.8, 4) is 5.75 Å². The number of carbonyl (C=O) groups is 1. The first-order chi connectivity index (χ1) is 9.08. The van der Waals surface area contributed by atoms with E-state index in [9.17, 15) is 15.0 Å². The lowest BCUT2D eigenvalue weighted by molar-refractivity contribution is -0.142. The molecule has 3 rings (SSSR count). The molecular formula is C14H16ClNO3. The Morgan fingerprint density at radius 3 is 2.84 bits per heavy atom. The molecule has 0 radical (unpaired) electrons. The lowest BCUT2D eigenvalue weighted by Crippen LogP contribution is -2.32. The van der Waals surface area contributed by atoms with Gasteiger partial charge in [-0.05, 0) is 31.4 Å². The predicted molar refractivity (Wildman–Crippen MR) is 71.2 cm³/mol. The van der Waals surface area contributed by atoms with Crippen molar-refractivity contribution in [3.05, 3.63) is 28.8 Å². The number of rotatable bonds is 3. The fraction of sp³-hybridized carbons (Fsp3) is 0.500. The molecule has 2 heterocycles. The molecule has 0 aliphatic carbocycles. The maximum absolute atomic E-state index is 11.2. The second kappa shape index (κ2) is 4.69. The van der Waals surface area contributed by atoms with E-state index in [0.29, 0.717) is 29.6 Å². The van der Waals surface area contributed by atoms with Gasteiger partial charge in [-0.2, -0.15) is 0 Å². The summed E-state index contributed by atoms with van der Waals surface area (Å²) in [6, 6.07) is 5.47. The SMILES string of the molecule is O=C(O)C1CC2CCC1N2Cc1c(O)cccc1Cl. The lowest BCUT2D eigenvalue weighted by atomic mass is 9.89. The second-order valence-electron chi connectivity index (χ2n) is 5.39. The van der Waals surface area contributed by atoms with Gasteiger partial charge in [-0.3, -0.25) is 9.69 Å². The van der Waals surface area contributed by atoms with Gasteiger partial charge in [-0.15, -0.1) is 0 Å². The number of hydrogen-bond acceptors (Lipinski definition) is 3. The van der Waals surface area contributed by atoms with Crippen LogP contribution in [0.4, 0.5) is 0 Å². The zero-order valence-corrected chi connectivity index (χ0v) is 11.2. The first kappa shape index (κ1) is 12.8. The second-order valence-corrected chi connectivity index (χ2v) is 5.80. The van der Waals surface area contributed by atoms with Crippen LogP contribution in [-0.4, -0.2) is 33.2 Å². The van der Waals surface area contributed by atoms with E-state index in [4.69, 9.17) is 11.6 Å². The number of phenols is 1. The molecule has 3 unspecified atom stereocenters. The Bertz CT molecular complexity index is 499. The quantitative estimate of drug-likeness (QED) is 0.894. The molecule has 1 aromatic rings. The van der Waals surface area contributed by atoms with E-state index < -0.39 is 5.97 Å². The zero-order chi connectivity index (χ0) is 13.6. The minimum atomic E-state index is -0.708. The number of aromatic hydroxyl groups is 1. The van der Waals surface area contributed by atoms with E-state index in [1.807, 2.05) is 0 Å². The summed E-state index contributed by atoms with van der Waals surface area (Å²) < 4.78 is 0. The van der Waals surface area contributed by atoms with Gasteiger partial charge in [0.05, 0.1) is 5.92 Å². The van der Waals surface area contributed by atoms with Gasteiger partial charge >= 0.3 is 5.97 Å². The minimum absolute atomic E-state index is 0.0816. The number of nitrogens with zero attached hydrogens (tertiary/aromatic N) is 1.